The second-order valence-electron chi connectivity index (χ2n) is 6.63. The smallest absolute Gasteiger partial charge is 0.0195 e. The minimum Gasteiger partial charge on any atom is -0.313 e. The first-order chi connectivity index (χ1) is 9.28. The topological polar surface area (TPSA) is 18.5 Å². The lowest BCUT2D eigenvalue weighted by atomic mass is 9.93. The summed E-state index contributed by atoms with van der Waals surface area (Å²) in [7, 11) is 2.25. The molecule has 0 saturated carbocycles. The average molecular weight is 267 g/mol. The highest BCUT2D eigenvalue weighted by Crippen LogP contribution is 2.21. The van der Waals surface area contributed by atoms with E-state index < -0.39 is 0 Å². The third kappa shape index (κ3) is 5.41. The summed E-state index contributed by atoms with van der Waals surface area (Å²) in [5.41, 5.74) is 0. The van der Waals surface area contributed by atoms with Crippen molar-refractivity contribution in [2.45, 2.75) is 51.5 Å². The van der Waals surface area contributed by atoms with Crippen LogP contribution in [0.1, 0.15) is 45.4 Å². The summed E-state index contributed by atoms with van der Waals surface area (Å²) in [6, 6.07) is 0.756. The highest BCUT2D eigenvalue weighted by Gasteiger charge is 2.21. The van der Waals surface area contributed by atoms with Gasteiger partial charge in [-0.05, 0) is 84.2 Å². The molecular weight excluding hydrogens is 234 g/mol. The number of nitrogens with one attached hydrogen (secondary N) is 1. The molecule has 2 saturated heterocycles. The first kappa shape index (κ1) is 15.3. The van der Waals surface area contributed by atoms with Gasteiger partial charge in [0.25, 0.3) is 0 Å². The zero-order valence-corrected chi connectivity index (χ0v) is 13.0. The molecule has 0 radical (unpaired) electrons. The lowest BCUT2D eigenvalue weighted by Gasteiger charge is -2.35. The highest BCUT2D eigenvalue weighted by atomic mass is 15.2. The molecule has 2 fully saturated rings. The van der Waals surface area contributed by atoms with E-state index in [1.165, 1.54) is 77.8 Å². The van der Waals surface area contributed by atoms with E-state index in [4.69, 9.17) is 0 Å². The molecule has 2 aliphatic rings. The molecule has 19 heavy (non-hydrogen) atoms. The van der Waals surface area contributed by atoms with E-state index in [1.807, 2.05) is 0 Å². The molecule has 0 aromatic rings. The van der Waals surface area contributed by atoms with E-state index in [9.17, 15) is 0 Å². The Bertz CT molecular complexity index is 236. The summed E-state index contributed by atoms with van der Waals surface area (Å²) in [4.78, 5) is 5.18. The molecule has 2 heterocycles. The summed E-state index contributed by atoms with van der Waals surface area (Å²) in [6.45, 7) is 10.0. The molecule has 1 N–H and O–H groups in total. The molecule has 3 nitrogen and oxygen atoms in total. The maximum absolute atomic E-state index is 3.70. The van der Waals surface area contributed by atoms with Crippen LogP contribution in [0.4, 0.5) is 0 Å². The molecular formula is C16H33N3. The van der Waals surface area contributed by atoms with Crippen LogP contribution in [0.3, 0.4) is 0 Å². The Morgan fingerprint density at radius 3 is 2.63 bits per heavy atom. The predicted molar refractivity (Wildman–Crippen MR) is 82.6 cm³/mol. The van der Waals surface area contributed by atoms with Crippen LogP contribution in [0.2, 0.25) is 0 Å². The zero-order valence-electron chi connectivity index (χ0n) is 13.0. The summed E-state index contributed by atoms with van der Waals surface area (Å²) in [6.07, 6.45) is 8.28. The van der Waals surface area contributed by atoms with Gasteiger partial charge in [-0.25, -0.2) is 0 Å². The van der Waals surface area contributed by atoms with Crippen LogP contribution in [-0.4, -0.2) is 62.2 Å². The van der Waals surface area contributed by atoms with Gasteiger partial charge in [0.1, 0.15) is 0 Å². The van der Waals surface area contributed by atoms with E-state index in [0.29, 0.717) is 0 Å². The predicted octanol–water partition coefficient (Wildman–Crippen LogP) is 2.18. The molecule has 0 aliphatic carbocycles. The fourth-order valence-corrected chi connectivity index (χ4v) is 3.49. The van der Waals surface area contributed by atoms with Gasteiger partial charge in [0, 0.05) is 12.6 Å². The van der Waals surface area contributed by atoms with Crippen molar-refractivity contribution in [3.05, 3.63) is 0 Å². The van der Waals surface area contributed by atoms with Crippen LogP contribution in [0, 0.1) is 5.92 Å². The number of rotatable bonds is 6. The molecule has 3 heteroatoms. The summed E-state index contributed by atoms with van der Waals surface area (Å²) < 4.78 is 0. The lowest BCUT2D eigenvalue weighted by Crippen LogP contribution is -2.46. The van der Waals surface area contributed by atoms with Crippen molar-refractivity contribution in [2.24, 2.45) is 5.92 Å². The van der Waals surface area contributed by atoms with E-state index >= 15 is 0 Å². The van der Waals surface area contributed by atoms with Crippen molar-refractivity contribution in [1.82, 2.24) is 15.1 Å². The summed E-state index contributed by atoms with van der Waals surface area (Å²) in [5, 5.41) is 3.70. The Balaban J connectivity index is 1.62. The van der Waals surface area contributed by atoms with Crippen molar-refractivity contribution in [3.63, 3.8) is 0 Å². The maximum Gasteiger partial charge on any atom is 0.0195 e. The minimum atomic E-state index is 0.756. The van der Waals surface area contributed by atoms with E-state index in [-0.39, 0.29) is 0 Å². The average Bonchev–Trinajstić information content (AvgIpc) is 2.45. The van der Waals surface area contributed by atoms with Crippen molar-refractivity contribution in [2.75, 3.05) is 46.3 Å². The quantitative estimate of drug-likeness (QED) is 0.796. The second kappa shape index (κ2) is 8.23. The van der Waals surface area contributed by atoms with Gasteiger partial charge in [0.05, 0.1) is 0 Å². The monoisotopic (exact) mass is 267 g/mol. The first-order valence-corrected chi connectivity index (χ1v) is 8.42. The molecule has 0 amide bonds. The standard InChI is InChI=1S/C16H33N3/c1-3-9-17-16-5-4-10-19(14-16)13-8-15-6-11-18(2)12-7-15/h15-17H,3-14H2,1-2H3. The van der Waals surface area contributed by atoms with Gasteiger partial charge in [-0.1, -0.05) is 6.92 Å². The van der Waals surface area contributed by atoms with Crippen molar-refractivity contribution < 1.29 is 0 Å². The Morgan fingerprint density at radius 1 is 1.11 bits per heavy atom. The fraction of sp³-hybridized carbons (Fsp3) is 1.00. The van der Waals surface area contributed by atoms with Crippen LogP contribution in [-0.2, 0) is 0 Å². The van der Waals surface area contributed by atoms with Crippen LogP contribution >= 0.6 is 0 Å². The number of hydrogen-bond donors (Lipinski definition) is 1. The summed E-state index contributed by atoms with van der Waals surface area (Å²) >= 11 is 0. The van der Waals surface area contributed by atoms with E-state index in [1.54, 1.807) is 0 Å². The Hall–Kier alpha value is -0.120. The number of nitrogens with zero attached hydrogens (tertiary/aromatic N) is 2. The largest absolute Gasteiger partial charge is 0.313 e. The SMILES string of the molecule is CCCNC1CCCN(CCC2CCN(C)CC2)C1. The molecule has 1 atom stereocenters. The maximum atomic E-state index is 3.70. The van der Waals surface area contributed by atoms with Crippen molar-refractivity contribution >= 4 is 0 Å². The molecule has 0 aromatic carbocycles. The second-order valence-corrected chi connectivity index (χ2v) is 6.63. The Morgan fingerprint density at radius 2 is 1.89 bits per heavy atom. The molecule has 0 bridgehead atoms. The van der Waals surface area contributed by atoms with Gasteiger partial charge in [0.15, 0.2) is 0 Å². The summed E-state index contributed by atoms with van der Waals surface area (Å²) in [5.74, 6) is 0.986. The van der Waals surface area contributed by atoms with Gasteiger partial charge in [-0.15, -0.1) is 0 Å². The van der Waals surface area contributed by atoms with Crippen molar-refractivity contribution in [1.29, 1.82) is 0 Å². The Kier molecular flexibility index (Phi) is 6.62. The molecule has 1 unspecified atom stereocenters. The third-order valence-corrected chi connectivity index (χ3v) is 4.88. The lowest BCUT2D eigenvalue weighted by molar-refractivity contribution is 0.157. The normalized spacial score (nSPS) is 27.8. The van der Waals surface area contributed by atoms with Gasteiger partial charge >= 0.3 is 0 Å². The molecule has 0 aromatic heterocycles. The van der Waals surface area contributed by atoms with Gasteiger partial charge in [-0.2, -0.15) is 0 Å². The Labute approximate surface area is 119 Å². The van der Waals surface area contributed by atoms with Crippen LogP contribution in [0.15, 0.2) is 0 Å². The van der Waals surface area contributed by atoms with Crippen LogP contribution in [0.25, 0.3) is 0 Å². The first-order valence-electron chi connectivity index (χ1n) is 8.42. The fourth-order valence-electron chi connectivity index (χ4n) is 3.49. The molecule has 2 aliphatic heterocycles. The number of hydrogen-bond acceptors (Lipinski definition) is 3. The molecule has 2 rings (SSSR count). The zero-order chi connectivity index (χ0) is 13.5. The van der Waals surface area contributed by atoms with E-state index in [2.05, 4.69) is 29.1 Å². The van der Waals surface area contributed by atoms with Gasteiger partial charge < -0.3 is 15.1 Å². The third-order valence-electron chi connectivity index (χ3n) is 4.88. The highest BCUT2D eigenvalue weighted by molar-refractivity contribution is 4.79. The minimum absolute atomic E-state index is 0.756. The van der Waals surface area contributed by atoms with Crippen LogP contribution in [0.5, 0.6) is 0 Å². The van der Waals surface area contributed by atoms with Crippen LogP contribution < -0.4 is 5.32 Å². The number of piperidine rings is 2. The number of likely N-dealkylation sites (tertiary alicyclic amines) is 2. The van der Waals surface area contributed by atoms with Crippen molar-refractivity contribution in [3.8, 4) is 0 Å². The van der Waals surface area contributed by atoms with Gasteiger partial charge in [-0.3, -0.25) is 0 Å². The van der Waals surface area contributed by atoms with Gasteiger partial charge in [0.2, 0.25) is 0 Å². The van der Waals surface area contributed by atoms with E-state index in [0.717, 1.165) is 12.0 Å². The molecule has 112 valence electrons. The molecule has 0 spiro atoms.